The molecule has 0 saturated carbocycles. The number of cyclic esters (lactones) is 1. The van der Waals surface area contributed by atoms with Gasteiger partial charge in [0.2, 0.25) is 0 Å². The maximum Gasteiger partial charge on any atom is 0.308 e. The van der Waals surface area contributed by atoms with E-state index in [0.29, 0.717) is 6.42 Å². The summed E-state index contributed by atoms with van der Waals surface area (Å²) in [5.41, 5.74) is 0.259. The Balaban J connectivity index is 2.34. The summed E-state index contributed by atoms with van der Waals surface area (Å²) in [4.78, 5) is 11.0. The number of esters is 1. The Labute approximate surface area is 85.5 Å². The van der Waals surface area contributed by atoms with E-state index in [-0.39, 0.29) is 23.9 Å². The number of aliphatic hydroxyl groups is 1. The van der Waals surface area contributed by atoms with Crippen LogP contribution in [0.1, 0.15) is 46.5 Å². The van der Waals surface area contributed by atoms with Crippen molar-refractivity contribution >= 4 is 5.97 Å². The minimum atomic E-state index is -0.499. The molecule has 0 aromatic rings. The second kappa shape index (κ2) is 4.30. The van der Waals surface area contributed by atoms with Gasteiger partial charge in [-0.3, -0.25) is 4.79 Å². The summed E-state index contributed by atoms with van der Waals surface area (Å²) in [6.07, 6.45) is 2.05. The van der Waals surface area contributed by atoms with Crippen LogP contribution in [0.15, 0.2) is 0 Å². The van der Waals surface area contributed by atoms with Crippen LogP contribution in [0.2, 0.25) is 0 Å². The number of hydrogen-bond donors (Lipinski definition) is 1. The minimum absolute atomic E-state index is 0.0783. The van der Waals surface area contributed by atoms with E-state index in [4.69, 9.17) is 4.74 Å². The molecule has 1 rings (SSSR count). The summed E-state index contributed by atoms with van der Waals surface area (Å²) in [5, 5.41) is 9.38. The van der Waals surface area contributed by atoms with Gasteiger partial charge in [-0.15, -0.1) is 0 Å². The number of ether oxygens (including phenoxy) is 1. The van der Waals surface area contributed by atoms with Crippen LogP contribution in [0.4, 0.5) is 0 Å². The number of carbonyl (C=O) groups excluding carboxylic acids is 1. The van der Waals surface area contributed by atoms with Crippen LogP contribution in [0, 0.1) is 5.41 Å². The lowest BCUT2D eigenvalue weighted by atomic mass is 9.87. The predicted octanol–water partition coefficient (Wildman–Crippen LogP) is 1.88. The molecule has 0 aliphatic carbocycles. The van der Waals surface area contributed by atoms with Crippen molar-refractivity contribution in [1.29, 1.82) is 0 Å². The topological polar surface area (TPSA) is 46.5 Å². The molecule has 1 saturated heterocycles. The molecule has 1 aliphatic heterocycles. The zero-order chi connectivity index (χ0) is 10.8. The van der Waals surface area contributed by atoms with Gasteiger partial charge in [-0.25, -0.2) is 0 Å². The zero-order valence-corrected chi connectivity index (χ0v) is 9.25. The highest BCUT2D eigenvalue weighted by Gasteiger charge is 2.27. The van der Waals surface area contributed by atoms with Crippen LogP contribution in [0.5, 0.6) is 0 Å². The maximum absolute atomic E-state index is 11.0. The summed E-state index contributed by atoms with van der Waals surface area (Å²) in [6.45, 7) is 6.48. The first-order chi connectivity index (χ1) is 6.37. The van der Waals surface area contributed by atoms with Crippen molar-refractivity contribution < 1.29 is 14.6 Å². The average molecular weight is 200 g/mol. The lowest BCUT2D eigenvalue weighted by Crippen LogP contribution is -2.33. The molecule has 1 fully saturated rings. The minimum Gasteiger partial charge on any atom is -0.462 e. The van der Waals surface area contributed by atoms with E-state index in [2.05, 4.69) is 20.8 Å². The van der Waals surface area contributed by atoms with Gasteiger partial charge >= 0.3 is 5.97 Å². The molecule has 0 spiro atoms. The molecule has 14 heavy (non-hydrogen) atoms. The fourth-order valence-electron chi connectivity index (χ4n) is 1.63. The van der Waals surface area contributed by atoms with Gasteiger partial charge in [0, 0.05) is 6.42 Å². The predicted molar refractivity (Wildman–Crippen MR) is 53.8 cm³/mol. The van der Waals surface area contributed by atoms with Crippen molar-refractivity contribution in [3.05, 3.63) is 0 Å². The molecule has 1 aliphatic rings. The van der Waals surface area contributed by atoms with Crippen LogP contribution in [0.3, 0.4) is 0 Å². The van der Waals surface area contributed by atoms with Crippen LogP contribution in [0.25, 0.3) is 0 Å². The molecule has 0 amide bonds. The fourth-order valence-corrected chi connectivity index (χ4v) is 1.63. The lowest BCUT2D eigenvalue weighted by Gasteiger charge is -2.28. The molecule has 1 heterocycles. The quantitative estimate of drug-likeness (QED) is 0.692. The summed E-state index contributed by atoms with van der Waals surface area (Å²) in [7, 11) is 0. The summed E-state index contributed by atoms with van der Waals surface area (Å²) in [5.74, 6) is -0.261. The van der Waals surface area contributed by atoms with Crippen molar-refractivity contribution in [3.8, 4) is 0 Å². The van der Waals surface area contributed by atoms with E-state index in [0.717, 1.165) is 12.8 Å². The molecule has 0 aromatic heterocycles. The second-order valence-electron chi connectivity index (χ2n) is 5.30. The van der Waals surface area contributed by atoms with Crippen molar-refractivity contribution in [3.63, 3.8) is 0 Å². The van der Waals surface area contributed by atoms with E-state index in [1.54, 1.807) is 0 Å². The number of rotatable bonds is 2. The zero-order valence-electron chi connectivity index (χ0n) is 9.25. The molecule has 2 unspecified atom stereocenters. The van der Waals surface area contributed by atoms with E-state index in [1.807, 2.05) is 0 Å². The van der Waals surface area contributed by atoms with Crippen molar-refractivity contribution in [1.82, 2.24) is 0 Å². The highest BCUT2D eigenvalue weighted by atomic mass is 16.5. The average Bonchev–Trinajstić information content (AvgIpc) is 1.97. The van der Waals surface area contributed by atoms with Crippen LogP contribution < -0.4 is 0 Å². The standard InChI is InChI=1S/C11H20O3/c1-11(2,3)5-4-9-6-8(12)7-10(13)14-9/h8-9,12H,4-7H2,1-3H3. The molecule has 0 bridgehead atoms. The third-order valence-electron chi connectivity index (χ3n) is 2.45. The third kappa shape index (κ3) is 4.09. The van der Waals surface area contributed by atoms with Gasteiger partial charge in [0.15, 0.2) is 0 Å². The molecule has 82 valence electrons. The fraction of sp³-hybridized carbons (Fsp3) is 0.909. The first-order valence-corrected chi connectivity index (χ1v) is 5.24. The van der Waals surface area contributed by atoms with Gasteiger partial charge < -0.3 is 9.84 Å². The highest BCUT2D eigenvalue weighted by molar-refractivity contribution is 5.70. The smallest absolute Gasteiger partial charge is 0.308 e. The molecule has 0 aromatic carbocycles. The Morgan fingerprint density at radius 3 is 2.64 bits per heavy atom. The van der Waals surface area contributed by atoms with Crippen molar-refractivity contribution in [2.75, 3.05) is 0 Å². The maximum atomic E-state index is 11.0. The monoisotopic (exact) mass is 200 g/mol. The highest BCUT2D eigenvalue weighted by Crippen LogP contribution is 2.26. The third-order valence-corrected chi connectivity index (χ3v) is 2.45. The van der Waals surface area contributed by atoms with E-state index < -0.39 is 6.10 Å². The molecule has 1 N–H and O–H groups in total. The molecular formula is C11H20O3. The van der Waals surface area contributed by atoms with Crippen molar-refractivity contribution in [2.45, 2.75) is 58.7 Å². The Bertz CT molecular complexity index is 205. The second-order valence-corrected chi connectivity index (χ2v) is 5.30. The van der Waals surface area contributed by atoms with Gasteiger partial charge in [-0.1, -0.05) is 20.8 Å². The SMILES string of the molecule is CC(C)(C)CCC1CC(O)CC(=O)O1. The molecule has 3 nitrogen and oxygen atoms in total. The Kier molecular flexibility index (Phi) is 3.53. The van der Waals surface area contributed by atoms with Gasteiger partial charge in [0.05, 0.1) is 12.5 Å². The Morgan fingerprint density at radius 2 is 2.14 bits per heavy atom. The normalized spacial score (nSPS) is 28.7. The number of aliphatic hydroxyl groups excluding tert-OH is 1. The first kappa shape index (κ1) is 11.5. The largest absolute Gasteiger partial charge is 0.462 e. The summed E-state index contributed by atoms with van der Waals surface area (Å²) < 4.78 is 5.15. The Morgan fingerprint density at radius 1 is 1.50 bits per heavy atom. The molecule has 2 atom stereocenters. The summed E-state index contributed by atoms with van der Waals surface area (Å²) in [6, 6.07) is 0. The summed E-state index contributed by atoms with van der Waals surface area (Å²) >= 11 is 0. The van der Waals surface area contributed by atoms with Gasteiger partial charge in [0.1, 0.15) is 6.10 Å². The first-order valence-electron chi connectivity index (χ1n) is 5.24. The molecule has 0 radical (unpaired) electrons. The molecular weight excluding hydrogens is 180 g/mol. The van der Waals surface area contributed by atoms with Crippen LogP contribution in [-0.4, -0.2) is 23.3 Å². The Hall–Kier alpha value is -0.570. The van der Waals surface area contributed by atoms with Gasteiger partial charge in [-0.05, 0) is 18.3 Å². The van der Waals surface area contributed by atoms with Crippen LogP contribution in [-0.2, 0) is 9.53 Å². The number of hydrogen-bond acceptors (Lipinski definition) is 3. The van der Waals surface area contributed by atoms with E-state index in [9.17, 15) is 9.90 Å². The van der Waals surface area contributed by atoms with E-state index >= 15 is 0 Å². The van der Waals surface area contributed by atoms with Gasteiger partial charge in [-0.2, -0.15) is 0 Å². The van der Waals surface area contributed by atoms with Gasteiger partial charge in [0.25, 0.3) is 0 Å². The van der Waals surface area contributed by atoms with Crippen LogP contribution >= 0.6 is 0 Å². The van der Waals surface area contributed by atoms with E-state index in [1.165, 1.54) is 0 Å². The van der Waals surface area contributed by atoms with Crippen molar-refractivity contribution in [2.24, 2.45) is 5.41 Å². The lowest BCUT2D eigenvalue weighted by molar-refractivity contribution is -0.160. The molecule has 3 heteroatoms. The number of carbonyl (C=O) groups is 1.